The molecule has 0 bridgehead atoms. The lowest BCUT2D eigenvalue weighted by molar-refractivity contribution is 0.0976. The van der Waals surface area contributed by atoms with E-state index in [9.17, 15) is 4.79 Å². The second-order valence-electron chi connectivity index (χ2n) is 4.56. The summed E-state index contributed by atoms with van der Waals surface area (Å²) < 4.78 is 1.82. The molecule has 0 aliphatic heterocycles. The molecule has 104 valence electrons. The first kappa shape index (κ1) is 12.9. The topological polar surface area (TPSA) is 96.8 Å². The molecule has 1 amide bonds. The minimum atomic E-state index is -0.408. The van der Waals surface area contributed by atoms with Crippen LogP contribution in [0.1, 0.15) is 10.4 Å². The Labute approximate surface area is 120 Å². The number of fused-ring (bicyclic) bond motifs is 1. The van der Waals surface area contributed by atoms with Crippen molar-refractivity contribution >= 4 is 22.6 Å². The Bertz CT molecular complexity index is 831. The average Bonchev–Trinajstić information content (AvgIpc) is 2.95. The Balaban J connectivity index is 2.02. The molecule has 1 aromatic carbocycles. The van der Waals surface area contributed by atoms with Crippen LogP contribution in [0.15, 0.2) is 55.1 Å². The van der Waals surface area contributed by atoms with Crippen LogP contribution in [-0.2, 0) is 0 Å². The van der Waals surface area contributed by atoms with Gasteiger partial charge in [-0.15, -0.1) is 0 Å². The highest BCUT2D eigenvalue weighted by atomic mass is 16.1. The quantitative estimate of drug-likeness (QED) is 0.491. The van der Waals surface area contributed by atoms with E-state index < -0.39 is 5.91 Å². The van der Waals surface area contributed by atoms with E-state index in [1.54, 1.807) is 30.9 Å². The number of hydrogen-bond acceptors (Lipinski definition) is 3. The van der Waals surface area contributed by atoms with Gasteiger partial charge in [-0.25, -0.2) is 0 Å². The van der Waals surface area contributed by atoms with Gasteiger partial charge in [0.25, 0.3) is 5.91 Å². The maximum atomic E-state index is 11.8. The van der Waals surface area contributed by atoms with Crippen molar-refractivity contribution in [3.8, 4) is 5.69 Å². The highest BCUT2D eigenvalue weighted by molar-refractivity contribution is 6.04. The van der Waals surface area contributed by atoms with Crippen LogP contribution in [0, 0.1) is 5.41 Å². The summed E-state index contributed by atoms with van der Waals surface area (Å²) in [5, 5.41) is 11.4. The van der Waals surface area contributed by atoms with E-state index in [4.69, 9.17) is 11.1 Å². The van der Waals surface area contributed by atoms with Crippen molar-refractivity contribution in [2.45, 2.75) is 0 Å². The number of nitrogens with one attached hydrogen (secondary N) is 2. The number of carbonyl (C=O) groups is 1. The van der Waals surface area contributed by atoms with E-state index in [1.807, 2.05) is 28.8 Å². The molecule has 0 saturated carbocycles. The molecule has 2 heterocycles. The fraction of sp³-hybridized carbons (Fsp3) is 0. The van der Waals surface area contributed by atoms with Gasteiger partial charge in [-0.1, -0.05) is 24.3 Å². The standard InChI is InChI=1S/C15H13N5O/c16-15(17)19-14(21)11-5-6-20(9-11)13-8-18-7-10-3-1-2-4-12(10)13/h1-9H,(H4,16,17,19,21). The van der Waals surface area contributed by atoms with E-state index in [1.165, 1.54) is 0 Å². The fourth-order valence-corrected chi connectivity index (χ4v) is 2.18. The van der Waals surface area contributed by atoms with E-state index in [0.29, 0.717) is 5.56 Å². The maximum absolute atomic E-state index is 11.8. The summed E-state index contributed by atoms with van der Waals surface area (Å²) in [6.07, 6.45) is 7.00. The zero-order valence-corrected chi connectivity index (χ0v) is 11.1. The lowest BCUT2D eigenvalue weighted by Crippen LogP contribution is -2.35. The summed E-state index contributed by atoms with van der Waals surface area (Å²) in [7, 11) is 0. The number of pyridine rings is 1. The predicted molar refractivity (Wildman–Crippen MR) is 80.5 cm³/mol. The number of guanidine groups is 1. The van der Waals surface area contributed by atoms with Crippen LogP contribution in [0.3, 0.4) is 0 Å². The Hall–Kier alpha value is -3.15. The number of nitrogens with two attached hydrogens (primary N) is 1. The van der Waals surface area contributed by atoms with Gasteiger partial charge >= 0.3 is 0 Å². The van der Waals surface area contributed by atoms with E-state index in [-0.39, 0.29) is 5.96 Å². The zero-order valence-electron chi connectivity index (χ0n) is 11.1. The smallest absolute Gasteiger partial charge is 0.259 e. The van der Waals surface area contributed by atoms with Gasteiger partial charge in [-0.3, -0.25) is 20.5 Å². The summed E-state index contributed by atoms with van der Waals surface area (Å²) in [6.45, 7) is 0. The largest absolute Gasteiger partial charge is 0.370 e. The van der Waals surface area contributed by atoms with Crippen molar-refractivity contribution in [1.82, 2.24) is 14.9 Å². The number of benzene rings is 1. The van der Waals surface area contributed by atoms with E-state index in [0.717, 1.165) is 16.5 Å². The Morgan fingerprint density at radius 3 is 2.86 bits per heavy atom. The third-order valence-electron chi connectivity index (χ3n) is 3.13. The summed E-state index contributed by atoms with van der Waals surface area (Å²) >= 11 is 0. The molecule has 0 unspecified atom stereocenters. The molecular formula is C15H13N5O. The van der Waals surface area contributed by atoms with Gasteiger partial charge in [0.05, 0.1) is 17.4 Å². The molecule has 6 nitrogen and oxygen atoms in total. The first-order valence-corrected chi connectivity index (χ1v) is 6.31. The molecule has 0 fully saturated rings. The summed E-state index contributed by atoms with van der Waals surface area (Å²) in [4.78, 5) is 16.0. The van der Waals surface area contributed by atoms with Crippen LogP contribution in [-0.4, -0.2) is 21.4 Å². The van der Waals surface area contributed by atoms with Gasteiger partial charge in [0.15, 0.2) is 5.96 Å². The molecule has 0 aliphatic rings. The molecule has 2 aromatic heterocycles. The van der Waals surface area contributed by atoms with Gasteiger partial charge in [-0.2, -0.15) is 0 Å². The Morgan fingerprint density at radius 2 is 2.05 bits per heavy atom. The van der Waals surface area contributed by atoms with E-state index >= 15 is 0 Å². The van der Waals surface area contributed by atoms with Crippen LogP contribution < -0.4 is 11.1 Å². The predicted octanol–water partition coefficient (Wildman–Crippen LogP) is 1.65. The van der Waals surface area contributed by atoms with Gasteiger partial charge in [0.2, 0.25) is 0 Å². The van der Waals surface area contributed by atoms with Gasteiger partial charge in [-0.05, 0) is 6.07 Å². The molecule has 0 radical (unpaired) electrons. The second-order valence-corrected chi connectivity index (χ2v) is 4.56. The number of carbonyl (C=O) groups excluding carboxylic acids is 1. The van der Waals surface area contributed by atoms with Crippen molar-refractivity contribution in [3.05, 3.63) is 60.7 Å². The van der Waals surface area contributed by atoms with Crippen molar-refractivity contribution in [2.75, 3.05) is 0 Å². The zero-order chi connectivity index (χ0) is 14.8. The first-order valence-electron chi connectivity index (χ1n) is 6.31. The molecule has 21 heavy (non-hydrogen) atoms. The van der Waals surface area contributed by atoms with E-state index in [2.05, 4.69) is 10.3 Å². The van der Waals surface area contributed by atoms with Crippen molar-refractivity contribution in [2.24, 2.45) is 5.73 Å². The highest BCUT2D eigenvalue weighted by Crippen LogP contribution is 2.21. The molecule has 6 heteroatoms. The van der Waals surface area contributed by atoms with Crippen LogP contribution in [0.2, 0.25) is 0 Å². The number of rotatable bonds is 2. The van der Waals surface area contributed by atoms with Crippen LogP contribution in [0.5, 0.6) is 0 Å². The first-order chi connectivity index (χ1) is 10.1. The number of hydrogen-bond donors (Lipinski definition) is 3. The number of aromatic nitrogens is 2. The van der Waals surface area contributed by atoms with Crippen LogP contribution >= 0.6 is 0 Å². The molecule has 3 aromatic rings. The minimum absolute atomic E-state index is 0.375. The van der Waals surface area contributed by atoms with Gasteiger partial charge < -0.3 is 10.3 Å². The van der Waals surface area contributed by atoms with Crippen molar-refractivity contribution < 1.29 is 4.79 Å². The van der Waals surface area contributed by atoms with Crippen LogP contribution in [0.4, 0.5) is 0 Å². The van der Waals surface area contributed by atoms with Crippen LogP contribution in [0.25, 0.3) is 16.5 Å². The fourth-order valence-electron chi connectivity index (χ4n) is 2.18. The molecule has 0 aliphatic carbocycles. The second kappa shape index (κ2) is 5.09. The molecule has 4 N–H and O–H groups in total. The molecular weight excluding hydrogens is 266 g/mol. The lowest BCUT2D eigenvalue weighted by atomic mass is 10.1. The lowest BCUT2D eigenvalue weighted by Gasteiger charge is -2.06. The van der Waals surface area contributed by atoms with Gasteiger partial charge in [0.1, 0.15) is 0 Å². The molecule has 0 saturated heterocycles. The Kier molecular flexibility index (Phi) is 3.12. The number of amides is 1. The monoisotopic (exact) mass is 279 g/mol. The minimum Gasteiger partial charge on any atom is -0.370 e. The number of nitrogens with zero attached hydrogens (tertiary/aromatic N) is 2. The molecule has 3 rings (SSSR count). The van der Waals surface area contributed by atoms with Crippen molar-refractivity contribution in [1.29, 1.82) is 5.41 Å². The average molecular weight is 279 g/mol. The highest BCUT2D eigenvalue weighted by Gasteiger charge is 2.10. The SMILES string of the molecule is N=C(N)NC(=O)c1ccn(-c2cncc3ccccc23)c1. The van der Waals surface area contributed by atoms with Gasteiger partial charge in [0, 0.05) is 29.4 Å². The normalized spacial score (nSPS) is 10.5. The molecule has 0 spiro atoms. The maximum Gasteiger partial charge on any atom is 0.259 e. The third kappa shape index (κ3) is 2.46. The summed E-state index contributed by atoms with van der Waals surface area (Å²) in [5.41, 5.74) is 6.47. The summed E-state index contributed by atoms with van der Waals surface area (Å²) in [6, 6.07) is 9.56. The van der Waals surface area contributed by atoms with Crippen molar-refractivity contribution in [3.63, 3.8) is 0 Å². The summed E-state index contributed by atoms with van der Waals surface area (Å²) in [5.74, 6) is -0.783. The Morgan fingerprint density at radius 1 is 1.24 bits per heavy atom. The molecule has 0 atom stereocenters. The third-order valence-corrected chi connectivity index (χ3v) is 3.13.